The zero-order valence-corrected chi connectivity index (χ0v) is 20.3. The van der Waals surface area contributed by atoms with Gasteiger partial charge in [0, 0.05) is 35.3 Å². The van der Waals surface area contributed by atoms with Crippen LogP contribution in [0.4, 0.5) is 4.39 Å². The number of Topliss-reactive ketones (excluding diaryl/α,β-unsaturated/α-hetero) is 1. The molecule has 1 unspecified atom stereocenters. The lowest BCUT2D eigenvalue weighted by atomic mass is 9.94. The Morgan fingerprint density at radius 3 is 2.51 bits per heavy atom. The van der Waals surface area contributed by atoms with E-state index in [2.05, 4.69) is 4.98 Å². The van der Waals surface area contributed by atoms with E-state index in [-0.39, 0.29) is 29.3 Å². The Labute approximate surface area is 212 Å². The van der Waals surface area contributed by atoms with Gasteiger partial charge in [-0.2, -0.15) is 0 Å². The van der Waals surface area contributed by atoms with Crippen molar-refractivity contribution in [3.63, 3.8) is 0 Å². The number of halogens is 1. The van der Waals surface area contributed by atoms with Crippen LogP contribution in [0.15, 0.2) is 78.5 Å². The molecule has 0 bridgehead atoms. The van der Waals surface area contributed by atoms with Crippen LogP contribution in [0.3, 0.4) is 0 Å². The number of aliphatic hydroxyl groups is 1. The summed E-state index contributed by atoms with van der Waals surface area (Å²) in [7, 11) is 2.96. The molecule has 0 aliphatic carbocycles. The summed E-state index contributed by atoms with van der Waals surface area (Å²) >= 11 is 0. The summed E-state index contributed by atoms with van der Waals surface area (Å²) in [5, 5.41) is 12.3. The first-order chi connectivity index (χ1) is 17.9. The fourth-order valence-electron chi connectivity index (χ4n) is 4.79. The topological polar surface area (TPSA) is 91.9 Å². The molecule has 7 nitrogen and oxygen atoms in total. The molecular weight excluding hydrogens is 475 g/mol. The van der Waals surface area contributed by atoms with E-state index in [0.717, 1.165) is 16.5 Å². The maximum absolute atomic E-state index is 13.4. The van der Waals surface area contributed by atoms with Crippen molar-refractivity contribution in [2.45, 2.75) is 12.5 Å². The van der Waals surface area contributed by atoms with E-state index in [9.17, 15) is 19.1 Å². The third-order valence-corrected chi connectivity index (χ3v) is 6.67. The molecule has 188 valence electrons. The van der Waals surface area contributed by atoms with E-state index in [1.54, 1.807) is 36.5 Å². The fraction of sp³-hybridized carbons (Fsp3) is 0.172. The number of nitrogens with one attached hydrogen (secondary N) is 1. The molecule has 1 aliphatic rings. The Morgan fingerprint density at radius 1 is 1.03 bits per heavy atom. The second-order valence-electron chi connectivity index (χ2n) is 8.72. The number of methoxy groups -OCH3 is 2. The molecule has 1 aromatic heterocycles. The number of hydrogen-bond acceptors (Lipinski definition) is 5. The summed E-state index contributed by atoms with van der Waals surface area (Å²) in [6, 6.07) is 17.5. The Bertz CT molecular complexity index is 1520. The lowest BCUT2D eigenvalue weighted by molar-refractivity contribution is -0.139. The van der Waals surface area contributed by atoms with E-state index < -0.39 is 17.7 Å². The summed E-state index contributed by atoms with van der Waals surface area (Å²) in [6.45, 7) is 0.191. The first kappa shape index (κ1) is 24.1. The summed E-state index contributed by atoms with van der Waals surface area (Å²) in [6.07, 6.45) is 2.16. The van der Waals surface area contributed by atoms with Gasteiger partial charge < -0.3 is 24.5 Å². The highest BCUT2D eigenvalue weighted by atomic mass is 19.1. The number of aromatic nitrogens is 1. The lowest BCUT2D eigenvalue weighted by Gasteiger charge is -2.25. The van der Waals surface area contributed by atoms with Gasteiger partial charge >= 0.3 is 0 Å². The minimum Gasteiger partial charge on any atom is -0.507 e. The number of likely N-dealkylation sites (tertiary alicyclic amines) is 1. The quantitative estimate of drug-likeness (QED) is 0.212. The predicted octanol–water partition coefficient (Wildman–Crippen LogP) is 4.99. The molecule has 2 N–H and O–H groups in total. The van der Waals surface area contributed by atoms with E-state index in [0.29, 0.717) is 23.5 Å². The summed E-state index contributed by atoms with van der Waals surface area (Å²) in [5.41, 5.74) is 2.58. The highest BCUT2D eigenvalue weighted by Crippen LogP contribution is 2.43. The lowest BCUT2D eigenvalue weighted by Crippen LogP contribution is -2.31. The van der Waals surface area contributed by atoms with Crippen molar-refractivity contribution < 1.29 is 28.6 Å². The van der Waals surface area contributed by atoms with Gasteiger partial charge in [0.05, 0.1) is 31.4 Å². The molecule has 1 amide bonds. The first-order valence-corrected chi connectivity index (χ1v) is 11.7. The van der Waals surface area contributed by atoms with Gasteiger partial charge in [-0.05, 0) is 42.3 Å². The van der Waals surface area contributed by atoms with Gasteiger partial charge in [-0.1, -0.05) is 30.3 Å². The van der Waals surface area contributed by atoms with Gasteiger partial charge in [0.1, 0.15) is 23.1 Å². The van der Waals surface area contributed by atoms with Crippen molar-refractivity contribution >= 4 is 28.4 Å². The molecule has 0 spiro atoms. The van der Waals surface area contributed by atoms with E-state index in [4.69, 9.17) is 9.47 Å². The monoisotopic (exact) mass is 500 g/mol. The number of nitrogens with zero attached hydrogens (tertiary/aromatic N) is 1. The number of hydrogen-bond donors (Lipinski definition) is 2. The minimum absolute atomic E-state index is 0.0303. The highest BCUT2D eigenvalue weighted by Gasteiger charge is 2.47. The van der Waals surface area contributed by atoms with E-state index in [1.165, 1.54) is 31.3 Å². The van der Waals surface area contributed by atoms with E-state index >= 15 is 0 Å². The number of H-pyrrole nitrogens is 1. The average molecular weight is 501 g/mol. The van der Waals surface area contributed by atoms with Gasteiger partial charge in [0.15, 0.2) is 0 Å². The number of ether oxygens (including phenoxy) is 2. The molecule has 3 aromatic carbocycles. The van der Waals surface area contributed by atoms with Crippen LogP contribution in [0.1, 0.15) is 22.7 Å². The highest BCUT2D eigenvalue weighted by molar-refractivity contribution is 6.46. The van der Waals surface area contributed by atoms with Gasteiger partial charge in [-0.25, -0.2) is 4.39 Å². The number of aromatic amines is 1. The number of ketones is 1. The van der Waals surface area contributed by atoms with Crippen molar-refractivity contribution in [1.29, 1.82) is 0 Å². The summed E-state index contributed by atoms with van der Waals surface area (Å²) in [4.78, 5) is 31.4. The van der Waals surface area contributed by atoms with Gasteiger partial charge in [0.2, 0.25) is 0 Å². The number of amides is 1. The zero-order valence-electron chi connectivity index (χ0n) is 20.3. The predicted molar refractivity (Wildman–Crippen MR) is 137 cm³/mol. The number of fused-ring (bicyclic) bond motifs is 1. The van der Waals surface area contributed by atoms with Crippen LogP contribution in [-0.2, 0) is 16.0 Å². The molecule has 1 aliphatic heterocycles. The Morgan fingerprint density at radius 2 is 1.78 bits per heavy atom. The standard InChI is InChI=1S/C29H25FN2O5/c1-36-19-11-12-21(24(15-19)37-2)27(33)25-26(22-16-31-23-6-4-3-5-20(22)23)32(29(35)28(25)34)14-13-17-7-9-18(30)10-8-17/h3-12,15-16,26,31,33H,13-14H2,1-2H3/b27-25+. The summed E-state index contributed by atoms with van der Waals surface area (Å²) < 4.78 is 24.1. The molecular formula is C29H25FN2O5. The second kappa shape index (κ2) is 9.81. The van der Waals surface area contributed by atoms with E-state index in [1.807, 2.05) is 24.3 Å². The zero-order chi connectivity index (χ0) is 26.1. The maximum atomic E-state index is 13.4. The fourth-order valence-corrected chi connectivity index (χ4v) is 4.79. The number of carbonyl (C=O) groups excluding carboxylic acids is 2. The molecule has 8 heteroatoms. The van der Waals surface area contributed by atoms with Crippen LogP contribution < -0.4 is 9.47 Å². The van der Waals surface area contributed by atoms with Gasteiger partial charge in [-0.3, -0.25) is 9.59 Å². The number of rotatable bonds is 7. The van der Waals surface area contributed by atoms with Crippen LogP contribution in [0.25, 0.3) is 16.7 Å². The molecule has 0 radical (unpaired) electrons. The molecule has 0 saturated carbocycles. The van der Waals surface area contributed by atoms with Gasteiger partial charge in [0.25, 0.3) is 11.7 Å². The van der Waals surface area contributed by atoms with Crippen LogP contribution in [0, 0.1) is 5.82 Å². The number of benzene rings is 3. The third kappa shape index (κ3) is 4.31. The number of aliphatic hydroxyl groups excluding tert-OH is 1. The van der Waals surface area contributed by atoms with Gasteiger partial charge in [-0.15, -0.1) is 0 Å². The molecule has 1 fully saturated rings. The van der Waals surface area contributed by atoms with Crippen LogP contribution >= 0.6 is 0 Å². The number of para-hydroxylation sites is 1. The molecule has 5 rings (SSSR count). The second-order valence-corrected chi connectivity index (χ2v) is 8.72. The largest absolute Gasteiger partial charge is 0.507 e. The van der Waals surface area contributed by atoms with Crippen LogP contribution in [0.2, 0.25) is 0 Å². The van der Waals surface area contributed by atoms with Crippen molar-refractivity contribution in [3.8, 4) is 11.5 Å². The normalized spacial score (nSPS) is 16.9. The summed E-state index contributed by atoms with van der Waals surface area (Å²) in [5.74, 6) is -1.38. The molecule has 2 heterocycles. The third-order valence-electron chi connectivity index (χ3n) is 6.67. The van der Waals surface area contributed by atoms with Crippen LogP contribution in [-0.4, -0.2) is 47.4 Å². The molecule has 1 atom stereocenters. The maximum Gasteiger partial charge on any atom is 0.295 e. The minimum atomic E-state index is -0.844. The molecule has 1 saturated heterocycles. The first-order valence-electron chi connectivity index (χ1n) is 11.7. The smallest absolute Gasteiger partial charge is 0.295 e. The Kier molecular flexibility index (Phi) is 6.40. The van der Waals surface area contributed by atoms with Crippen LogP contribution in [0.5, 0.6) is 11.5 Å². The molecule has 4 aromatic rings. The Balaban J connectivity index is 1.65. The van der Waals surface area contributed by atoms with Crippen molar-refractivity contribution in [2.75, 3.05) is 20.8 Å². The Hall–Kier alpha value is -4.59. The van der Waals surface area contributed by atoms with Crippen molar-refractivity contribution in [1.82, 2.24) is 9.88 Å². The molecule has 37 heavy (non-hydrogen) atoms. The van der Waals surface area contributed by atoms with Crippen molar-refractivity contribution in [2.24, 2.45) is 0 Å². The number of carbonyl (C=O) groups is 2. The average Bonchev–Trinajstić information content (AvgIpc) is 3.45. The van der Waals surface area contributed by atoms with Crippen molar-refractivity contribution in [3.05, 3.63) is 101 Å². The SMILES string of the molecule is COc1ccc(/C(O)=C2\C(=O)C(=O)N(CCc3ccc(F)cc3)C2c2c[nH]c3ccccc23)c(OC)c1.